The van der Waals surface area contributed by atoms with Gasteiger partial charge in [0.15, 0.2) is 0 Å². The first-order valence-electron chi connectivity index (χ1n) is 9.37. The number of rotatable bonds is 7. The minimum atomic E-state index is -4.74. The quantitative estimate of drug-likeness (QED) is 0.529. The van der Waals surface area contributed by atoms with E-state index in [9.17, 15) is 36.3 Å². The van der Waals surface area contributed by atoms with Crippen molar-refractivity contribution in [3.63, 3.8) is 0 Å². The molecule has 0 aliphatic heterocycles. The largest absolute Gasteiger partial charge is 0.478 e. The lowest BCUT2D eigenvalue weighted by molar-refractivity contribution is -0.137. The summed E-state index contributed by atoms with van der Waals surface area (Å²) in [7, 11) is -4.44. The summed E-state index contributed by atoms with van der Waals surface area (Å²) >= 11 is 0. The Balaban J connectivity index is 2.02. The highest BCUT2D eigenvalue weighted by molar-refractivity contribution is 7.92. The van der Waals surface area contributed by atoms with Gasteiger partial charge >= 0.3 is 12.1 Å². The molecule has 33 heavy (non-hydrogen) atoms. The lowest BCUT2D eigenvalue weighted by Crippen LogP contribution is -2.38. The summed E-state index contributed by atoms with van der Waals surface area (Å²) in [5.41, 5.74) is -1.79. The smallest absolute Gasteiger partial charge is 0.416 e. The van der Waals surface area contributed by atoms with Gasteiger partial charge in [0.25, 0.3) is 10.0 Å². The van der Waals surface area contributed by atoms with Gasteiger partial charge in [-0.3, -0.25) is 9.10 Å². The zero-order valence-electron chi connectivity index (χ0n) is 16.8. The number of aromatic carboxylic acids is 1. The minimum Gasteiger partial charge on any atom is -0.478 e. The third-order valence-electron chi connectivity index (χ3n) is 4.51. The van der Waals surface area contributed by atoms with Crippen LogP contribution in [0.3, 0.4) is 0 Å². The Morgan fingerprint density at radius 3 is 2.18 bits per heavy atom. The standard InChI is InChI=1S/C22H17F3N2O5S/c23-22(24,25)15-7-6-8-16(13-15)27(33(31,32)17-9-2-1-3-10-17)14-20(28)26-19-12-5-4-11-18(19)21(29)30/h1-13H,14H2,(H,26,28)(H,29,30). The third-order valence-corrected chi connectivity index (χ3v) is 6.30. The van der Waals surface area contributed by atoms with Gasteiger partial charge in [-0.05, 0) is 42.5 Å². The molecule has 3 rings (SSSR count). The first-order valence-corrected chi connectivity index (χ1v) is 10.8. The maximum absolute atomic E-state index is 13.2. The number of anilines is 2. The fraction of sp³-hybridized carbons (Fsp3) is 0.0909. The lowest BCUT2D eigenvalue weighted by Gasteiger charge is -2.25. The molecule has 0 bridgehead atoms. The van der Waals surface area contributed by atoms with Crippen LogP contribution in [0.2, 0.25) is 0 Å². The van der Waals surface area contributed by atoms with Crippen molar-refractivity contribution >= 4 is 33.3 Å². The van der Waals surface area contributed by atoms with Gasteiger partial charge in [0, 0.05) is 0 Å². The molecule has 0 atom stereocenters. The molecule has 0 spiro atoms. The van der Waals surface area contributed by atoms with Crippen LogP contribution in [0, 0.1) is 0 Å². The van der Waals surface area contributed by atoms with Gasteiger partial charge in [0.05, 0.1) is 27.4 Å². The number of nitrogens with zero attached hydrogens (tertiary/aromatic N) is 1. The van der Waals surface area contributed by atoms with Crippen LogP contribution in [0.1, 0.15) is 15.9 Å². The van der Waals surface area contributed by atoms with E-state index < -0.39 is 40.2 Å². The highest BCUT2D eigenvalue weighted by atomic mass is 32.2. The van der Waals surface area contributed by atoms with E-state index in [1.54, 1.807) is 6.07 Å². The number of alkyl halides is 3. The molecule has 0 aliphatic rings. The van der Waals surface area contributed by atoms with Crippen LogP contribution in [0.4, 0.5) is 24.5 Å². The Morgan fingerprint density at radius 2 is 1.55 bits per heavy atom. The third kappa shape index (κ3) is 5.50. The molecule has 1 amide bonds. The van der Waals surface area contributed by atoms with Crippen LogP contribution < -0.4 is 9.62 Å². The second-order valence-corrected chi connectivity index (χ2v) is 8.63. The van der Waals surface area contributed by atoms with Gasteiger partial charge in [0.1, 0.15) is 6.54 Å². The molecule has 3 aromatic rings. The summed E-state index contributed by atoms with van der Waals surface area (Å²) in [5.74, 6) is -2.27. The number of para-hydroxylation sites is 1. The first kappa shape index (κ1) is 23.8. The highest BCUT2D eigenvalue weighted by Crippen LogP contribution is 2.33. The second-order valence-electron chi connectivity index (χ2n) is 6.77. The SMILES string of the molecule is O=C(CN(c1cccc(C(F)(F)F)c1)S(=O)(=O)c1ccccc1)Nc1ccccc1C(=O)O. The van der Waals surface area contributed by atoms with Crippen LogP contribution in [-0.2, 0) is 21.0 Å². The molecule has 2 N–H and O–H groups in total. The Hall–Kier alpha value is -3.86. The summed E-state index contributed by atoms with van der Waals surface area (Å²) in [6.45, 7) is -0.896. The molecule has 0 radical (unpaired) electrons. The van der Waals surface area contributed by atoms with E-state index in [0.29, 0.717) is 10.4 Å². The van der Waals surface area contributed by atoms with Crippen molar-refractivity contribution in [2.75, 3.05) is 16.2 Å². The number of amides is 1. The fourth-order valence-corrected chi connectivity index (χ4v) is 4.40. The molecule has 0 fully saturated rings. The van der Waals surface area contributed by atoms with Crippen LogP contribution in [0.15, 0.2) is 83.8 Å². The monoisotopic (exact) mass is 478 g/mol. The molecule has 0 unspecified atom stereocenters. The van der Waals surface area contributed by atoms with Crippen LogP contribution in [-0.4, -0.2) is 31.9 Å². The van der Waals surface area contributed by atoms with Crippen molar-refractivity contribution in [3.8, 4) is 0 Å². The molecule has 0 aliphatic carbocycles. The topological polar surface area (TPSA) is 104 Å². The number of hydrogen-bond donors (Lipinski definition) is 2. The molecule has 0 aromatic heterocycles. The molecule has 0 saturated heterocycles. The maximum atomic E-state index is 13.2. The molecule has 11 heteroatoms. The molecule has 0 heterocycles. The normalized spacial score (nSPS) is 11.6. The van der Waals surface area contributed by atoms with Crippen molar-refractivity contribution in [2.24, 2.45) is 0 Å². The second kappa shape index (κ2) is 9.33. The Bertz CT molecular complexity index is 1280. The number of carbonyl (C=O) groups excluding carboxylic acids is 1. The summed E-state index contributed by atoms with van der Waals surface area (Å²) in [4.78, 5) is 23.8. The zero-order chi connectivity index (χ0) is 24.2. The fourth-order valence-electron chi connectivity index (χ4n) is 2.97. The van der Waals surface area contributed by atoms with E-state index in [4.69, 9.17) is 0 Å². The van der Waals surface area contributed by atoms with E-state index >= 15 is 0 Å². The van der Waals surface area contributed by atoms with E-state index in [2.05, 4.69) is 5.32 Å². The lowest BCUT2D eigenvalue weighted by atomic mass is 10.2. The van der Waals surface area contributed by atoms with E-state index in [1.165, 1.54) is 48.5 Å². The number of nitrogens with one attached hydrogen (secondary N) is 1. The summed E-state index contributed by atoms with van der Waals surface area (Å²) < 4.78 is 66.6. The molecule has 3 aromatic carbocycles. The summed E-state index contributed by atoms with van der Waals surface area (Å²) in [6.07, 6.45) is -4.74. The number of hydrogen-bond acceptors (Lipinski definition) is 4. The van der Waals surface area contributed by atoms with Gasteiger partial charge in [-0.1, -0.05) is 36.4 Å². The minimum absolute atomic E-state index is 0.0869. The number of halogens is 3. The van der Waals surface area contributed by atoms with E-state index in [0.717, 1.165) is 18.2 Å². The first-order chi connectivity index (χ1) is 15.5. The predicted octanol–water partition coefficient (Wildman–Crippen LogP) is 4.24. The van der Waals surface area contributed by atoms with Gasteiger partial charge in [0.2, 0.25) is 5.91 Å². The Labute approximate surface area is 187 Å². The molecule has 172 valence electrons. The van der Waals surface area contributed by atoms with Crippen LogP contribution >= 0.6 is 0 Å². The van der Waals surface area contributed by atoms with Crippen molar-refractivity contribution < 1.29 is 36.3 Å². The predicted molar refractivity (Wildman–Crippen MR) is 114 cm³/mol. The van der Waals surface area contributed by atoms with Crippen LogP contribution in [0.25, 0.3) is 0 Å². The molecular weight excluding hydrogens is 461 g/mol. The number of carboxylic acid groups (broad SMARTS) is 1. The number of carbonyl (C=O) groups is 2. The van der Waals surface area contributed by atoms with Crippen LogP contribution in [0.5, 0.6) is 0 Å². The number of benzene rings is 3. The van der Waals surface area contributed by atoms with E-state index in [-0.39, 0.29) is 21.8 Å². The molecule has 7 nitrogen and oxygen atoms in total. The average Bonchev–Trinajstić information content (AvgIpc) is 2.77. The van der Waals surface area contributed by atoms with Gasteiger partial charge in [-0.2, -0.15) is 13.2 Å². The molecule has 0 saturated carbocycles. The van der Waals surface area contributed by atoms with Crippen molar-refractivity contribution in [1.82, 2.24) is 0 Å². The maximum Gasteiger partial charge on any atom is 0.416 e. The number of carboxylic acids is 1. The van der Waals surface area contributed by atoms with Crippen molar-refractivity contribution in [2.45, 2.75) is 11.1 Å². The van der Waals surface area contributed by atoms with Gasteiger partial charge in [-0.25, -0.2) is 13.2 Å². The van der Waals surface area contributed by atoms with Gasteiger partial charge in [-0.15, -0.1) is 0 Å². The number of sulfonamides is 1. The highest BCUT2D eigenvalue weighted by Gasteiger charge is 2.33. The van der Waals surface area contributed by atoms with Crippen molar-refractivity contribution in [1.29, 1.82) is 0 Å². The Morgan fingerprint density at radius 1 is 0.909 bits per heavy atom. The summed E-state index contributed by atoms with van der Waals surface area (Å²) in [6, 6.07) is 15.9. The zero-order valence-corrected chi connectivity index (χ0v) is 17.6. The Kier molecular flexibility index (Phi) is 6.73. The van der Waals surface area contributed by atoms with Gasteiger partial charge < -0.3 is 10.4 Å². The molecular formula is C22H17F3N2O5S. The summed E-state index contributed by atoms with van der Waals surface area (Å²) in [5, 5.41) is 11.6. The average molecular weight is 478 g/mol. The van der Waals surface area contributed by atoms with Crippen molar-refractivity contribution in [3.05, 3.63) is 90.0 Å². The van der Waals surface area contributed by atoms with E-state index in [1.807, 2.05) is 0 Å².